The number of nitrogens with zero attached hydrogens (tertiary/aromatic N) is 4. The molecule has 3 aromatic rings. The third kappa shape index (κ3) is 5.59. The lowest BCUT2D eigenvalue weighted by atomic mass is 9.83. The number of hydrogen-bond acceptors (Lipinski definition) is 8. The first-order chi connectivity index (χ1) is 19.0. The fourth-order valence-corrected chi connectivity index (χ4v) is 5.15. The van der Waals surface area contributed by atoms with Crippen LogP contribution >= 0.6 is 12.4 Å². The Labute approximate surface area is 242 Å². The van der Waals surface area contributed by atoms with Gasteiger partial charge in [0, 0.05) is 17.2 Å². The summed E-state index contributed by atoms with van der Waals surface area (Å²) < 4.78 is 21.3. The predicted octanol–water partition coefficient (Wildman–Crippen LogP) is 2.61. The average Bonchev–Trinajstić information content (AvgIpc) is 3.15. The number of ketones is 1. The molecule has 0 spiro atoms. The maximum absolute atomic E-state index is 13.8. The number of benzene rings is 2. The van der Waals surface area contributed by atoms with Gasteiger partial charge in [-0.05, 0) is 76.8 Å². The van der Waals surface area contributed by atoms with Crippen LogP contribution in [-0.4, -0.2) is 70.0 Å². The van der Waals surface area contributed by atoms with Gasteiger partial charge in [-0.1, -0.05) is 6.08 Å². The van der Waals surface area contributed by atoms with Crippen LogP contribution in [0, 0.1) is 0 Å². The van der Waals surface area contributed by atoms with E-state index in [0.29, 0.717) is 22.7 Å². The third-order valence-corrected chi connectivity index (χ3v) is 7.02. The van der Waals surface area contributed by atoms with E-state index in [4.69, 9.17) is 14.2 Å². The van der Waals surface area contributed by atoms with Gasteiger partial charge in [0.1, 0.15) is 36.4 Å². The van der Waals surface area contributed by atoms with Crippen LogP contribution in [-0.2, 0) is 16.1 Å². The van der Waals surface area contributed by atoms with Gasteiger partial charge in [0.15, 0.2) is 5.78 Å². The smallest absolute Gasteiger partial charge is 0.352 e. The molecule has 41 heavy (non-hydrogen) atoms. The molecule has 11 nitrogen and oxygen atoms in total. The number of Topliss-reactive ketones (excluding diaryl/α,β-unsaturated/α-hetero) is 1. The van der Waals surface area contributed by atoms with Crippen molar-refractivity contribution < 1.29 is 23.8 Å². The first-order valence-corrected chi connectivity index (χ1v) is 13.0. The minimum absolute atomic E-state index is 0. The molecule has 0 radical (unpaired) electrons. The number of ether oxygens (including phenoxy) is 3. The molecule has 12 heteroatoms. The molecule has 0 amide bonds. The van der Waals surface area contributed by atoms with Crippen LogP contribution < -0.4 is 20.9 Å². The number of hydrogen-bond donors (Lipinski definition) is 0. The maximum Gasteiger partial charge on any atom is 0.352 e. The van der Waals surface area contributed by atoms with Crippen molar-refractivity contribution in [3.63, 3.8) is 0 Å². The molecule has 2 aromatic carbocycles. The second-order valence-corrected chi connectivity index (χ2v) is 10.6. The normalized spacial score (nSPS) is 16.3. The zero-order valence-corrected chi connectivity index (χ0v) is 24.4. The largest absolute Gasteiger partial charge is 0.490 e. The second-order valence-electron chi connectivity index (χ2n) is 10.6. The fourth-order valence-electron chi connectivity index (χ4n) is 5.15. The molecule has 0 bridgehead atoms. The van der Waals surface area contributed by atoms with Crippen molar-refractivity contribution in [2.24, 2.45) is 0 Å². The Hall–Kier alpha value is -4.09. The van der Waals surface area contributed by atoms with Crippen LogP contribution in [0.4, 0.5) is 0 Å². The maximum atomic E-state index is 13.8. The van der Waals surface area contributed by atoms with Crippen LogP contribution in [0.15, 0.2) is 63.7 Å². The van der Waals surface area contributed by atoms with Crippen LogP contribution in [0.25, 0.3) is 5.69 Å². The number of rotatable bonds is 8. The van der Waals surface area contributed by atoms with E-state index in [2.05, 4.69) is 0 Å². The van der Waals surface area contributed by atoms with E-state index in [1.54, 1.807) is 55.4 Å². The number of esters is 1. The van der Waals surface area contributed by atoms with Crippen molar-refractivity contribution in [2.75, 3.05) is 33.9 Å². The first kappa shape index (κ1) is 29.9. The van der Waals surface area contributed by atoms with Gasteiger partial charge in [0.05, 0.1) is 18.8 Å². The number of fused-ring (bicyclic) bond motifs is 5. The Morgan fingerprint density at radius 1 is 1.05 bits per heavy atom. The van der Waals surface area contributed by atoms with Crippen molar-refractivity contribution in [1.29, 1.82) is 0 Å². The quantitative estimate of drug-likeness (QED) is 0.172. The van der Waals surface area contributed by atoms with Gasteiger partial charge in [-0.3, -0.25) is 14.5 Å². The predicted molar refractivity (Wildman–Crippen MR) is 154 cm³/mol. The molecule has 2 aliphatic rings. The van der Waals surface area contributed by atoms with Crippen LogP contribution in [0.2, 0.25) is 0 Å². The highest BCUT2D eigenvalue weighted by Gasteiger charge is 2.44. The summed E-state index contributed by atoms with van der Waals surface area (Å²) in [7, 11) is 3.57. The van der Waals surface area contributed by atoms with E-state index in [1.165, 1.54) is 16.3 Å². The van der Waals surface area contributed by atoms with E-state index >= 15 is 0 Å². The Balaban J connectivity index is 0.00000387. The molecule has 0 fully saturated rings. The molecule has 1 aromatic heterocycles. The summed E-state index contributed by atoms with van der Waals surface area (Å²) in [5.74, 6) is 0.615. The molecular formula is C29H33ClN4O7. The van der Waals surface area contributed by atoms with Gasteiger partial charge in [-0.15, -0.1) is 12.4 Å². The van der Waals surface area contributed by atoms with Crippen molar-refractivity contribution in [2.45, 2.75) is 39.0 Å². The molecule has 1 unspecified atom stereocenters. The topological polar surface area (TPSA) is 114 Å². The zero-order chi connectivity index (χ0) is 28.8. The van der Waals surface area contributed by atoms with Gasteiger partial charge < -0.3 is 14.2 Å². The molecule has 0 saturated carbocycles. The number of carbonyl (C=O) groups is 2. The van der Waals surface area contributed by atoms with E-state index < -0.39 is 23.0 Å². The number of allylic oxidation sites excluding steroid dienone is 1. The van der Waals surface area contributed by atoms with E-state index in [9.17, 15) is 19.2 Å². The lowest BCUT2D eigenvalue weighted by molar-refractivity contribution is -0.145. The molecule has 0 aliphatic carbocycles. The molecule has 0 N–H and O–H groups in total. The lowest BCUT2D eigenvalue weighted by Crippen LogP contribution is -2.46. The summed E-state index contributed by atoms with van der Waals surface area (Å²) >= 11 is 0. The van der Waals surface area contributed by atoms with E-state index in [-0.39, 0.29) is 50.5 Å². The third-order valence-electron chi connectivity index (χ3n) is 7.02. The fraction of sp³-hybridized carbons (Fsp3) is 0.379. The molecule has 2 aliphatic heterocycles. The highest BCUT2D eigenvalue weighted by molar-refractivity contribution is 5.94. The van der Waals surface area contributed by atoms with Gasteiger partial charge in [0.25, 0.3) is 0 Å². The van der Waals surface area contributed by atoms with Gasteiger partial charge >= 0.3 is 17.3 Å². The van der Waals surface area contributed by atoms with E-state index in [1.807, 2.05) is 26.0 Å². The van der Waals surface area contributed by atoms with Gasteiger partial charge in [0.2, 0.25) is 0 Å². The van der Waals surface area contributed by atoms with Crippen LogP contribution in [0.3, 0.4) is 0 Å². The molecule has 1 atom stereocenters. The molecule has 218 valence electrons. The first-order valence-electron chi connectivity index (χ1n) is 13.0. The van der Waals surface area contributed by atoms with Gasteiger partial charge in [-0.2, -0.15) is 0 Å². The summed E-state index contributed by atoms with van der Waals surface area (Å²) in [5.41, 5.74) is 0.754. The average molecular weight is 585 g/mol. The standard InChI is InChI=1S/C29H32N4O7.ClH/c1-18(34)19-6-8-20(9-7-19)32-27(36)31-13-12-23-26(33(31)28(32)37)22-11-10-21(16-24(22)40-29(23,2)3)38-14-15-39-25(35)17-30(4)5;/h6-12,16,26H,13-15,17H2,1-5H3;1H. The summed E-state index contributed by atoms with van der Waals surface area (Å²) in [6, 6.07) is 11.2. The monoisotopic (exact) mass is 584 g/mol. The highest BCUT2D eigenvalue weighted by Crippen LogP contribution is 2.47. The number of aromatic nitrogens is 3. The van der Waals surface area contributed by atoms with Crippen molar-refractivity contribution in [3.05, 3.63) is 86.2 Å². The lowest BCUT2D eigenvalue weighted by Gasteiger charge is -2.42. The summed E-state index contributed by atoms with van der Waals surface area (Å²) in [6.07, 6.45) is 1.93. The minimum atomic E-state index is -0.760. The van der Waals surface area contributed by atoms with Gasteiger partial charge in [-0.25, -0.2) is 23.5 Å². The van der Waals surface area contributed by atoms with Crippen molar-refractivity contribution in [3.8, 4) is 17.2 Å². The summed E-state index contributed by atoms with van der Waals surface area (Å²) in [5, 5.41) is 0. The Kier molecular flexibility index (Phi) is 8.32. The Morgan fingerprint density at radius 3 is 2.41 bits per heavy atom. The van der Waals surface area contributed by atoms with Crippen molar-refractivity contribution in [1.82, 2.24) is 18.8 Å². The summed E-state index contributed by atoms with van der Waals surface area (Å²) in [4.78, 5) is 52.4. The second kappa shape index (κ2) is 11.4. The van der Waals surface area contributed by atoms with E-state index in [0.717, 1.165) is 15.7 Å². The van der Waals surface area contributed by atoms with Crippen LogP contribution in [0.1, 0.15) is 42.7 Å². The Bertz CT molecular complexity index is 1630. The summed E-state index contributed by atoms with van der Waals surface area (Å²) in [6.45, 7) is 5.98. The SMILES string of the molecule is CC(=O)c1ccc(-n2c(=O)n3n(c2=O)C2C(=CC3)C(C)(C)Oc3cc(OCCOC(=O)CN(C)C)ccc32)cc1.Cl. The zero-order valence-electron chi connectivity index (χ0n) is 23.6. The minimum Gasteiger partial charge on any atom is -0.490 e. The van der Waals surface area contributed by atoms with Crippen LogP contribution in [0.5, 0.6) is 11.5 Å². The highest BCUT2D eigenvalue weighted by atomic mass is 35.5. The number of likely N-dealkylation sites (N-methyl/N-ethyl adjacent to an activating group) is 1. The molecule has 5 rings (SSSR count). The van der Waals surface area contributed by atoms with Crippen molar-refractivity contribution >= 4 is 24.2 Å². The molecule has 3 heterocycles. The Morgan fingerprint density at radius 2 is 1.76 bits per heavy atom. The number of halogens is 1. The molecule has 0 saturated heterocycles. The number of carbonyl (C=O) groups excluding carboxylic acids is 2. The molecular weight excluding hydrogens is 552 g/mol.